The lowest BCUT2D eigenvalue weighted by Gasteiger charge is -2.18. The van der Waals surface area contributed by atoms with Crippen molar-refractivity contribution in [3.63, 3.8) is 0 Å². The molecular weight excluding hydrogens is 148 g/mol. The van der Waals surface area contributed by atoms with Gasteiger partial charge in [-0.05, 0) is 12.1 Å². The molecule has 0 aromatic heterocycles. The molecule has 0 aliphatic heterocycles. The summed E-state index contributed by atoms with van der Waals surface area (Å²) in [5.74, 6) is 0. The second-order valence-corrected chi connectivity index (χ2v) is 1.89. The van der Waals surface area contributed by atoms with E-state index >= 15 is 0 Å². The maximum Gasteiger partial charge on any atom is 0.0871 e. The molecule has 0 heterocycles. The smallest absolute Gasteiger partial charge is 0.0871 e. The maximum absolute atomic E-state index is 8.86. The Morgan fingerprint density at radius 1 is 0.909 bits per heavy atom. The van der Waals surface area contributed by atoms with Crippen molar-refractivity contribution in [1.29, 1.82) is 0 Å². The van der Waals surface area contributed by atoms with Crippen LogP contribution in [-0.4, -0.2) is 21.0 Å². The fraction of sp³-hybridized carbons (Fsp3) is 0. The minimum atomic E-state index is -0.407. The lowest BCUT2D eigenvalue weighted by Crippen LogP contribution is -2.34. The molecule has 0 saturated carbocycles. The van der Waals surface area contributed by atoms with Gasteiger partial charge in [0.05, 0.1) is 11.0 Å². The first-order chi connectivity index (χ1) is 5.22. The van der Waals surface area contributed by atoms with E-state index in [9.17, 15) is 0 Å². The summed E-state index contributed by atoms with van der Waals surface area (Å²) < 4.78 is 0. The molecule has 1 aromatic carbocycles. The van der Waals surface area contributed by atoms with E-state index in [1.165, 1.54) is 12.1 Å². The quantitative estimate of drug-likeness (QED) is 0.554. The van der Waals surface area contributed by atoms with Crippen molar-refractivity contribution in [2.75, 3.05) is 5.17 Å². The molecule has 5 heteroatoms. The van der Waals surface area contributed by atoms with Crippen LogP contribution in [0.25, 0.3) is 0 Å². The van der Waals surface area contributed by atoms with E-state index in [0.29, 0.717) is 0 Å². The van der Waals surface area contributed by atoms with E-state index in [0.717, 1.165) is 0 Å². The predicted octanol–water partition coefficient (Wildman–Crippen LogP) is 0.878. The van der Waals surface area contributed by atoms with E-state index in [-0.39, 0.29) is 10.9 Å². The molecule has 0 radical (unpaired) electrons. The highest BCUT2D eigenvalue weighted by Crippen LogP contribution is 2.10. The zero-order valence-corrected chi connectivity index (χ0v) is 5.62. The van der Waals surface area contributed by atoms with Crippen LogP contribution in [0.2, 0.25) is 0 Å². The predicted molar refractivity (Wildman–Crippen MR) is 36.1 cm³/mol. The minimum absolute atomic E-state index is 0.194. The van der Waals surface area contributed by atoms with Crippen molar-refractivity contribution in [1.82, 2.24) is 5.34 Å². The minimum Gasteiger partial charge on any atom is -0.269 e. The first kappa shape index (κ1) is 7.96. The third-order valence-corrected chi connectivity index (χ3v) is 1.16. The Morgan fingerprint density at radius 2 is 1.45 bits per heavy atom. The summed E-state index contributed by atoms with van der Waals surface area (Å²) in [6.45, 7) is 0. The number of nitrogens with zero attached hydrogens (tertiary/aromatic N) is 2. The van der Waals surface area contributed by atoms with Crippen LogP contribution in [0.15, 0.2) is 30.3 Å². The number of benzene rings is 1. The highest BCUT2D eigenvalue weighted by atomic mass is 16.9. The van der Waals surface area contributed by atoms with Crippen molar-refractivity contribution < 1.29 is 15.6 Å². The second-order valence-electron chi connectivity index (χ2n) is 1.89. The van der Waals surface area contributed by atoms with Gasteiger partial charge in [-0.1, -0.05) is 18.2 Å². The first-order valence-corrected chi connectivity index (χ1v) is 2.93. The van der Waals surface area contributed by atoms with E-state index in [4.69, 9.17) is 15.6 Å². The Labute approximate surface area is 63.2 Å². The average molecular weight is 156 g/mol. The van der Waals surface area contributed by atoms with Crippen LogP contribution in [-0.2, 0) is 0 Å². The van der Waals surface area contributed by atoms with E-state index in [1.807, 2.05) is 0 Å². The average Bonchev–Trinajstić information content (AvgIpc) is 2.05. The molecule has 0 atom stereocenters. The molecule has 1 aromatic rings. The molecule has 0 aliphatic rings. The summed E-state index contributed by atoms with van der Waals surface area (Å²) in [5.41, 5.74) is 0.262. The van der Waals surface area contributed by atoms with E-state index in [1.54, 1.807) is 18.2 Å². The summed E-state index contributed by atoms with van der Waals surface area (Å²) in [5, 5.41) is 25.3. The SMILES string of the molecule is ON(O)N(O)c1ccccc1. The fourth-order valence-corrected chi connectivity index (χ4v) is 0.665. The van der Waals surface area contributed by atoms with Crippen LogP contribution >= 0.6 is 0 Å². The molecule has 0 saturated heterocycles. The Bertz CT molecular complexity index is 214. The van der Waals surface area contributed by atoms with Crippen molar-refractivity contribution in [2.24, 2.45) is 0 Å². The van der Waals surface area contributed by atoms with Crippen LogP contribution in [0.4, 0.5) is 5.69 Å². The molecule has 0 aliphatic carbocycles. The lowest BCUT2D eigenvalue weighted by molar-refractivity contribution is -0.348. The van der Waals surface area contributed by atoms with E-state index in [2.05, 4.69) is 0 Å². The molecule has 0 fully saturated rings. The molecule has 3 N–H and O–H groups in total. The van der Waals surface area contributed by atoms with Crippen LogP contribution in [0, 0.1) is 0 Å². The zero-order valence-electron chi connectivity index (χ0n) is 5.62. The molecule has 0 spiro atoms. The molecule has 11 heavy (non-hydrogen) atoms. The highest BCUT2D eigenvalue weighted by Gasteiger charge is 2.06. The van der Waals surface area contributed by atoms with Gasteiger partial charge in [-0.3, -0.25) is 15.6 Å². The van der Waals surface area contributed by atoms with E-state index < -0.39 is 5.34 Å². The Hall–Kier alpha value is -1.14. The van der Waals surface area contributed by atoms with Crippen molar-refractivity contribution in [2.45, 2.75) is 0 Å². The number of hydrogen-bond donors (Lipinski definition) is 3. The lowest BCUT2D eigenvalue weighted by atomic mass is 10.3. The van der Waals surface area contributed by atoms with Gasteiger partial charge in [-0.15, -0.1) is 5.17 Å². The summed E-state index contributed by atoms with van der Waals surface area (Å²) in [4.78, 5) is 0. The van der Waals surface area contributed by atoms with Gasteiger partial charge in [0.25, 0.3) is 0 Å². The third kappa shape index (κ3) is 1.89. The van der Waals surface area contributed by atoms with Crippen molar-refractivity contribution in [3.05, 3.63) is 30.3 Å². The van der Waals surface area contributed by atoms with Crippen LogP contribution < -0.4 is 5.17 Å². The monoisotopic (exact) mass is 156 g/mol. The Kier molecular flexibility index (Phi) is 2.40. The second kappa shape index (κ2) is 3.31. The number of para-hydroxylation sites is 1. The summed E-state index contributed by atoms with van der Waals surface area (Å²) >= 11 is 0. The number of rotatable bonds is 2. The molecule has 5 nitrogen and oxygen atoms in total. The van der Waals surface area contributed by atoms with Gasteiger partial charge in [-0.25, -0.2) is 0 Å². The number of hydrogen-bond acceptors (Lipinski definition) is 5. The Balaban J connectivity index is 2.77. The van der Waals surface area contributed by atoms with Gasteiger partial charge in [0.1, 0.15) is 0 Å². The van der Waals surface area contributed by atoms with Gasteiger partial charge in [0.15, 0.2) is 0 Å². The van der Waals surface area contributed by atoms with Crippen LogP contribution in [0.5, 0.6) is 0 Å². The van der Waals surface area contributed by atoms with Crippen LogP contribution in [0.1, 0.15) is 0 Å². The fourth-order valence-electron chi connectivity index (χ4n) is 0.665. The molecule has 0 unspecified atom stereocenters. The first-order valence-electron chi connectivity index (χ1n) is 2.93. The molecule has 0 bridgehead atoms. The normalized spacial score (nSPS) is 10.2. The van der Waals surface area contributed by atoms with Gasteiger partial charge in [0.2, 0.25) is 0 Å². The summed E-state index contributed by atoms with van der Waals surface area (Å²) in [7, 11) is 0. The van der Waals surface area contributed by atoms with Crippen LogP contribution in [0.3, 0.4) is 0 Å². The number of anilines is 1. The van der Waals surface area contributed by atoms with Gasteiger partial charge >= 0.3 is 0 Å². The van der Waals surface area contributed by atoms with Gasteiger partial charge in [-0.2, -0.15) is 0 Å². The summed E-state index contributed by atoms with van der Waals surface area (Å²) in [6.07, 6.45) is 0. The number of hydrazine groups is 1. The molecular formula is C6H8N2O3. The third-order valence-electron chi connectivity index (χ3n) is 1.16. The maximum atomic E-state index is 8.86. The molecule has 60 valence electrons. The molecule has 0 amide bonds. The topological polar surface area (TPSA) is 67.2 Å². The highest BCUT2D eigenvalue weighted by molar-refractivity contribution is 5.41. The van der Waals surface area contributed by atoms with Gasteiger partial charge < -0.3 is 0 Å². The standard InChI is InChI=1S/C6H8N2O3/c9-7(8(10)11)6-4-2-1-3-5-6/h1-5,9-11H. The Morgan fingerprint density at radius 3 is 1.91 bits per heavy atom. The van der Waals surface area contributed by atoms with Crippen molar-refractivity contribution >= 4 is 5.69 Å². The van der Waals surface area contributed by atoms with Crippen molar-refractivity contribution in [3.8, 4) is 0 Å². The zero-order chi connectivity index (χ0) is 8.27. The largest absolute Gasteiger partial charge is 0.269 e. The molecule has 1 rings (SSSR count). The van der Waals surface area contributed by atoms with Gasteiger partial charge in [0, 0.05) is 0 Å². The summed E-state index contributed by atoms with van der Waals surface area (Å²) in [6, 6.07) is 8.08.